The number of urea groups is 1. The van der Waals surface area contributed by atoms with Crippen LogP contribution in [0.3, 0.4) is 0 Å². The van der Waals surface area contributed by atoms with Gasteiger partial charge in [0.15, 0.2) is 0 Å². The van der Waals surface area contributed by atoms with Gasteiger partial charge in [0, 0.05) is 31.0 Å². The standard InChI is InChI=1S/C22H29N3O2/c1-16-13-19(14-23-17(16)2)15-24-22(27)25-12-4-3-5-20(25)9-6-18-7-10-21(26)11-8-18/h7-8,10-11,13-14,20,26H,3-6,9,12,15H2,1-2H3,(H,24,27)/t20-/m1/s1. The highest BCUT2D eigenvalue weighted by atomic mass is 16.3. The smallest absolute Gasteiger partial charge is 0.317 e. The molecule has 0 radical (unpaired) electrons. The van der Waals surface area contributed by atoms with E-state index in [9.17, 15) is 9.90 Å². The number of rotatable bonds is 5. The van der Waals surface area contributed by atoms with E-state index >= 15 is 0 Å². The molecule has 2 N–H and O–H groups in total. The van der Waals surface area contributed by atoms with Gasteiger partial charge in [-0.1, -0.05) is 18.2 Å². The van der Waals surface area contributed by atoms with Crippen molar-refractivity contribution in [3.63, 3.8) is 0 Å². The number of pyridine rings is 1. The quantitative estimate of drug-likeness (QED) is 0.836. The van der Waals surface area contributed by atoms with Crippen LogP contribution in [0.15, 0.2) is 36.5 Å². The van der Waals surface area contributed by atoms with Crippen LogP contribution in [0.1, 0.15) is 48.1 Å². The third-order valence-corrected chi connectivity index (χ3v) is 5.43. The summed E-state index contributed by atoms with van der Waals surface area (Å²) in [6.45, 7) is 5.35. The van der Waals surface area contributed by atoms with Crippen molar-refractivity contribution >= 4 is 6.03 Å². The highest BCUT2D eigenvalue weighted by Crippen LogP contribution is 2.22. The molecule has 1 fully saturated rings. The van der Waals surface area contributed by atoms with Crippen LogP contribution in [0.5, 0.6) is 5.75 Å². The predicted octanol–water partition coefficient (Wildman–Crippen LogP) is 4.10. The minimum absolute atomic E-state index is 0.0173. The maximum atomic E-state index is 12.8. The molecular formula is C22H29N3O2. The van der Waals surface area contributed by atoms with Crippen molar-refractivity contribution in [3.05, 3.63) is 58.9 Å². The summed E-state index contributed by atoms with van der Waals surface area (Å²) >= 11 is 0. The Kier molecular flexibility index (Phi) is 6.32. The van der Waals surface area contributed by atoms with Crippen molar-refractivity contribution in [2.24, 2.45) is 0 Å². The molecule has 0 aliphatic carbocycles. The lowest BCUT2D eigenvalue weighted by Gasteiger charge is -2.36. The fourth-order valence-corrected chi connectivity index (χ4v) is 3.64. The van der Waals surface area contributed by atoms with Crippen LogP contribution in [-0.4, -0.2) is 33.6 Å². The lowest BCUT2D eigenvalue weighted by atomic mass is 9.96. The van der Waals surface area contributed by atoms with Crippen LogP contribution >= 0.6 is 0 Å². The summed E-state index contributed by atoms with van der Waals surface area (Å²) in [6.07, 6.45) is 6.98. The van der Waals surface area contributed by atoms with Gasteiger partial charge in [0.05, 0.1) is 0 Å². The van der Waals surface area contributed by atoms with Gasteiger partial charge in [-0.3, -0.25) is 4.98 Å². The van der Waals surface area contributed by atoms with Gasteiger partial charge in [-0.05, 0) is 74.8 Å². The van der Waals surface area contributed by atoms with Crippen LogP contribution in [0.4, 0.5) is 4.79 Å². The number of nitrogens with zero attached hydrogens (tertiary/aromatic N) is 2. The molecule has 0 unspecified atom stereocenters. The zero-order valence-electron chi connectivity index (χ0n) is 16.2. The van der Waals surface area contributed by atoms with E-state index in [0.717, 1.165) is 49.0 Å². The average Bonchev–Trinajstić information content (AvgIpc) is 2.68. The van der Waals surface area contributed by atoms with Gasteiger partial charge in [-0.2, -0.15) is 0 Å². The molecule has 144 valence electrons. The first-order chi connectivity index (χ1) is 13.0. The molecule has 1 aromatic heterocycles. The fraction of sp³-hybridized carbons (Fsp3) is 0.455. The van der Waals surface area contributed by atoms with Crippen molar-refractivity contribution in [2.75, 3.05) is 6.54 Å². The number of nitrogens with one attached hydrogen (secondary N) is 1. The molecule has 5 nitrogen and oxygen atoms in total. The molecule has 2 heterocycles. The largest absolute Gasteiger partial charge is 0.508 e. The molecule has 1 aliphatic heterocycles. The average molecular weight is 367 g/mol. The zero-order valence-corrected chi connectivity index (χ0v) is 16.2. The zero-order chi connectivity index (χ0) is 19.2. The van der Waals surface area contributed by atoms with Crippen LogP contribution < -0.4 is 5.32 Å². The Hall–Kier alpha value is -2.56. The maximum Gasteiger partial charge on any atom is 0.317 e. The van der Waals surface area contributed by atoms with E-state index in [4.69, 9.17) is 0 Å². The third-order valence-electron chi connectivity index (χ3n) is 5.43. The second-order valence-electron chi connectivity index (χ2n) is 7.45. The van der Waals surface area contributed by atoms with Crippen LogP contribution in [0, 0.1) is 13.8 Å². The second kappa shape index (κ2) is 8.89. The van der Waals surface area contributed by atoms with Crippen molar-refractivity contribution < 1.29 is 9.90 Å². The predicted molar refractivity (Wildman–Crippen MR) is 107 cm³/mol. The molecule has 2 aromatic rings. The second-order valence-corrected chi connectivity index (χ2v) is 7.45. The molecule has 0 spiro atoms. The van der Waals surface area contributed by atoms with E-state index in [1.165, 1.54) is 12.0 Å². The third kappa shape index (κ3) is 5.22. The summed E-state index contributed by atoms with van der Waals surface area (Å²) in [7, 11) is 0. The van der Waals surface area contributed by atoms with E-state index in [1.54, 1.807) is 12.1 Å². The maximum absolute atomic E-state index is 12.8. The van der Waals surface area contributed by atoms with Gasteiger partial charge in [0.2, 0.25) is 0 Å². The number of aryl methyl sites for hydroxylation is 3. The summed E-state index contributed by atoms with van der Waals surface area (Å²) < 4.78 is 0. The number of hydrogen-bond acceptors (Lipinski definition) is 3. The van der Waals surface area contributed by atoms with Crippen LogP contribution in [0.25, 0.3) is 0 Å². The van der Waals surface area contributed by atoms with Crippen molar-refractivity contribution in [3.8, 4) is 5.75 Å². The molecule has 1 aliphatic rings. The topological polar surface area (TPSA) is 65.5 Å². The minimum Gasteiger partial charge on any atom is -0.508 e. The number of piperidine rings is 1. The van der Waals surface area contributed by atoms with E-state index < -0.39 is 0 Å². The summed E-state index contributed by atoms with van der Waals surface area (Å²) in [4.78, 5) is 19.1. The molecular weight excluding hydrogens is 338 g/mol. The molecule has 3 rings (SSSR count). The summed E-state index contributed by atoms with van der Waals surface area (Å²) in [5.41, 5.74) is 4.39. The number of amides is 2. The Labute approximate surface area is 161 Å². The molecule has 27 heavy (non-hydrogen) atoms. The van der Waals surface area contributed by atoms with Gasteiger partial charge in [-0.25, -0.2) is 4.79 Å². The Bertz CT molecular complexity index is 774. The summed E-state index contributed by atoms with van der Waals surface area (Å²) in [5, 5.41) is 12.5. The monoisotopic (exact) mass is 367 g/mol. The van der Waals surface area contributed by atoms with E-state index in [-0.39, 0.29) is 12.1 Å². The molecule has 0 bridgehead atoms. The molecule has 1 saturated heterocycles. The molecule has 0 saturated carbocycles. The highest BCUT2D eigenvalue weighted by Gasteiger charge is 2.26. The highest BCUT2D eigenvalue weighted by molar-refractivity contribution is 5.74. The van der Waals surface area contributed by atoms with Crippen molar-refractivity contribution in [2.45, 2.75) is 58.5 Å². The van der Waals surface area contributed by atoms with Gasteiger partial charge in [0.25, 0.3) is 0 Å². The number of aromatic hydroxyl groups is 1. The first kappa shape index (κ1) is 19.2. The van der Waals surface area contributed by atoms with E-state index in [2.05, 4.69) is 16.4 Å². The lowest BCUT2D eigenvalue weighted by Crippen LogP contribution is -2.48. The normalized spacial score (nSPS) is 17.0. The molecule has 1 atom stereocenters. The Morgan fingerprint density at radius 1 is 1.22 bits per heavy atom. The van der Waals surface area contributed by atoms with E-state index in [1.807, 2.05) is 37.1 Å². The number of likely N-dealkylation sites (tertiary alicyclic amines) is 1. The first-order valence-electron chi connectivity index (χ1n) is 9.77. The van der Waals surface area contributed by atoms with E-state index in [0.29, 0.717) is 12.3 Å². The van der Waals surface area contributed by atoms with Crippen molar-refractivity contribution in [1.82, 2.24) is 15.2 Å². The number of hydrogen-bond donors (Lipinski definition) is 2. The molecule has 1 aromatic carbocycles. The van der Waals surface area contributed by atoms with Crippen molar-refractivity contribution in [1.29, 1.82) is 0 Å². The summed E-state index contributed by atoms with van der Waals surface area (Å²) in [5.74, 6) is 0.290. The van der Waals surface area contributed by atoms with Gasteiger partial charge >= 0.3 is 6.03 Å². The Morgan fingerprint density at radius 3 is 2.74 bits per heavy atom. The van der Waals surface area contributed by atoms with Gasteiger partial charge in [0.1, 0.15) is 5.75 Å². The van der Waals surface area contributed by atoms with Gasteiger partial charge < -0.3 is 15.3 Å². The number of benzene rings is 1. The number of aromatic nitrogens is 1. The Balaban J connectivity index is 1.55. The minimum atomic E-state index is 0.0173. The van der Waals surface area contributed by atoms with Crippen LogP contribution in [-0.2, 0) is 13.0 Å². The number of phenols is 1. The number of phenolic OH excluding ortho intramolecular Hbond substituents is 1. The first-order valence-corrected chi connectivity index (χ1v) is 9.77. The molecule has 2 amide bonds. The fourth-order valence-electron chi connectivity index (χ4n) is 3.64. The lowest BCUT2D eigenvalue weighted by molar-refractivity contribution is 0.146. The SMILES string of the molecule is Cc1cc(CNC(=O)N2CCCC[C@@H]2CCc2ccc(O)cc2)cnc1C. The van der Waals surface area contributed by atoms with Crippen LogP contribution in [0.2, 0.25) is 0 Å². The number of carbonyl (C=O) groups excluding carboxylic acids is 1. The Morgan fingerprint density at radius 2 is 2.00 bits per heavy atom. The molecule has 5 heteroatoms. The number of carbonyl (C=O) groups is 1. The summed E-state index contributed by atoms with van der Waals surface area (Å²) in [6, 6.07) is 9.72. The van der Waals surface area contributed by atoms with Gasteiger partial charge in [-0.15, -0.1) is 0 Å².